The third-order valence-electron chi connectivity index (χ3n) is 23.4. The number of nitrogens with one attached hydrogen (secondary N) is 2. The van der Waals surface area contributed by atoms with Crippen molar-refractivity contribution in [1.82, 2.24) is 55.0 Å². The van der Waals surface area contributed by atoms with Crippen LogP contribution in [-0.2, 0) is 70.6 Å². The molecule has 3 aromatic heterocycles. The molecule has 13 amide bonds. The molecule has 9 heterocycles. The van der Waals surface area contributed by atoms with Crippen molar-refractivity contribution in [3.63, 3.8) is 0 Å². The molecule has 0 radical (unpaired) electrons. The van der Waals surface area contributed by atoms with E-state index < -0.39 is 95.0 Å². The molecule has 6 fully saturated rings. The fourth-order valence-corrected chi connectivity index (χ4v) is 17.3. The zero-order chi connectivity index (χ0) is 91.3. The summed E-state index contributed by atoms with van der Waals surface area (Å²) < 4.78 is 21.9. The zero-order valence-electron chi connectivity index (χ0n) is 73.1. The minimum Gasteiger partial charge on any atom is -0.497 e. The molecule has 6 aliphatic rings. The van der Waals surface area contributed by atoms with E-state index in [4.69, 9.17) is 53.8 Å². The van der Waals surface area contributed by atoms with Crippen molar-refractivity contribution in [2.75, 3.05) is 77.4 Å². The quantitative estimate of drug-likeness (QED) is 0.0597. The third-order valence-corrected chi connectivity index (χ3v) is 24.1. The highest BCUT2D eigenvalue weighted by atomic mass is 35.5. The van der Waals surface area contributed by atoms with Gasteiger partial charge in [0.15, 0.2) is 6.04 Å². The van der Waals surface area contributed by atoms with Crippen molar-refractivity contribution in [3.8, 4) is 11.5 Å². The number of nitrogens with zero attached hydrogens (tertiary/aromatic N) is 11. The molecule has 0 bridgehead atoms. The summed E-state index contributed by atoms with van der Waals surface area (Å²) in [6.45, 7) is 15.7. The second-order valence-corrected chi connectivity index (χ2v) is 35.8. The molecule has 5 aromatic carbocycles. The summed E-state index contributed by atoms with van der Waals surface area (Å²) in [7, 11) is 6.17. The molecular weight excluding hydrogens is 1690 g/mol. The number of hydrogen-bond acceptors (Lipinski definition) is 18. The van der Waals surface area contributed by atoms with Gasteiger partial charge in [-0.25, -0.2) is 43.6 Å². The minimum absolute atomic E-state index is 0.0488. The molecule has 0 spiro atoms. The molecule has 670 valence electrons. The van der Waals surface area contributed by atoms with Crippen molar-refractivity contribution in [1.29, 1.82) is 0 Å². The van der Waals surface area contributed by atoms with Crippen LogP contribution >= 0.6 is 34.8 Å². The predicted octanol–water partition coefficient (Wildman–Crippen LogP) is 15.1. The number of imide groups is 3. The number of aryl methyl sites for hydroxylation is 1. The minimum atomic E-state index is -1.32. The number of likely N-dealkylation sites (N-methyl/N-ethyl adjacent to an activating group) is 2. The zero-order valence-corrected chi connectivity index (χ0v) is 75.4. The Morgan fingerprint density at radius 1 is 0.433 bits per heavy atom. The number of rotatable bonds is 20. The van der Waals surface area contributed by atoms with Gasteiger partial charge in [0.05, 0.1) is 45.1 Å². The summed E-state index contributed by atoms with van der Waals surface area (Å²) in [5.41, 5.74) is 6.41. The van der Waals surface area contributed by atoms with Crippen molar-refractivity contribution in [2.45, 2.75) is 166 Å². The van der Waals surface area contributed by atoms with Gasteiger partial charge in [-0.1, -0.05) is 95.5 Å². The van der Waals surface area contributed by atoms with E-state index in [-0.39, 0.29) is 67.3 Å². The monoisotopic (exact) mass is 1790 g/mol. The summed E-state index contributed by atoms with van der Waals surface area (Å²) in [6, 6.07) is 43.3. The first-order valence-corrected chi connectivity index (χ1v) is 43.6. The number of carbonyl (C=O) groups excluding carboxylic acids is 10. The van der Waals surface area contributed by atoms with E-state index in [0.29, 0.717) is 89.2 Å². The number of benzene rings is 5. The van der Waals surface area contributed by atoms with Crippen molar-refractivity contribution in [2.24, 2.45) is 17.8 Å². The molecule has 6 aliphatic heterocycles. The second kappa shape index (κ2) is 41.5. The van der Waals surface area contributed by atoms with Gasteiger partial charge >= 0.3 is 36.2 Å². The van der Waals surface area contributed by atoms with E-state index in [2.05, 4.69) is 25.6 Å². The molecule has 8 aromatic rings. The first-order valence-electron chi connectivity index (χ1n) is 42.5. The molecule has 0 saturated carbocycles. The lowest BCUT2D eigenvalue weighted by Crippen LogP contribution is -2.70. The van der Waals surface area contributed by atoms with E-state index in [1.54, 1.807) is 131 Å². The fourth-order valence-electron chi connectivity index (χ4n) is 16.9. The largest absolute Gasteiger partial charge is 0.497 e. The van der Waals surface area contributed by atoms with Crippen LogP contribution in [0.1, 0.15) is 148 Å². The van der Waals surface area contributed by atoms with Gasteiger partial charge in [-0.3, -0.25) is 48.6 Å². The van der Waals surface area contributed by atoms with Gasteiger partial charge in [-0.05, 0) is 248 Å². The Morgan fingerprint density at radius 3 is 1.04 bits per heavy atom. The Balaban J connectivity index is 0.000000177. The maximum atomic E-state index is 13.8. The lowest BCUT2D eigenvalue weighted by molar-refractivity contribution is -0.166. The highest BCUT2D eigenvalue weighted by Gasteiger charge is 2.58. The summed E-state index contributed by atoms with van der Waals surface area (Å²) in [6.07, 6.45) is 9.26. The maximum absolute atomic E-state index is 13.8. The van der Waals surface area contributed by atoms with Gasteiger partial charge in [0.2, 0.25) is 29.5 Å². The number of anilines is 2. The highest BCUT2D eigenvalue weighted by Crippen LogP contribution is 2.40. The van der Waals surface area contributed by atoms with E-state index >= 15 is 0 Å². The number of aromatic nitrogens is 3. The number of likely N-dealkylation sites (tertiary alicyclic amines) is 6. The van der Waals surface area contributed by atoms with Crippen molar-refractivity contribution >= 4 is 112 Å². The van der Waals surface area contributed by atoms with E-state index in [0.717, 1.165) is 92.3 Å². The normalized spacial score (nSPS) is 20.3. The lowest BCUT2D eigenvalue weighted by atomic mass is 9.81. The summed E-state index contributed by atoms with van der Waals surface area (Å²) in [4.78, 5) is 169. The van der Waals surface area contributed by atoms with Gasteiger partial charge in [0.1, 0.15) is 46.4 Å². The number of carbonyl (C=O) groups is 11. The number of piperidine rings is 3. The Morgan fingerprint density at radius 2 is 0.740 bits per heavy atom. The van der Waals surface area contributed by atoms with Crippen LogP contribution in [0.25, 0.3) is 0 Å². The van der Waals surface area contributed by atoms with Crippen LogP contribution in [0.3, 0.4) is 0 Å². The van der Waals surface area contributed by atoms with Crippen LogP contribution < -0.4 is 29.9 Å². The average molecular weight is 1790 g/mol. The predicted molar refractivity (Wildman–Crippen MR) is 479 cm³/mol. The topological polar surface area (TPSA) is 334 Å². The SMILES string of the molecule is CNC(=O)[C@@H]1[C@@H](Cc2ccnc(C)c2)C(=O)N1C(=O)N1CCCC(c2ccc(Cl)cc2)C1.CNC(=O)[C@@H]1[C@@H](Cc2ccnc(N(Cc3ccc(OC)cc3)C(=O)OC(C)(C)C)c2)C(=O)N1C(=O)N1CCCC(c2ccc(Cl)cc2)C1.COc1ccc(CN(C(=O)OC(C)(C)C)c2cc(C[C@H]3C(=O)N(C(=O)N4CCCC(c5ccc(Cl)cc5)C4)[C@@H]3C(=O)O)ccn2)cc1. The number of ether oxygens (including phenoxy) is 4. The molecule has 127 heavy (non-hydrogen) atoms. The number of carboxylic acid groups (broad SMARTS) is 1. The lowest BCUT2D eigenvalue weighted by Gasteiger charge is -2.47. The van der Waals surface area contributed by atoms with Crippen molar-refractivity contribution in [3.05, 3.63) is 242 Å². The average Bonchev–Trinajstić information content (AvgIpc) is 0.748. The van der Waals surface area contributed by atoms with Crippen LogP contribution in [0, 0.1) is 24.7 Å². The van der Waals surface area contributed by atoms with Gasteiger partial charge < -0.3 is 49.4 Å². The number of hydrogen-bond donors (Lipinski definition) is 3. The van der Waals surface area contributed by atoms with Gasteiger partial charge in [0, 0.05) is 110 Å². The molecular formula is C95H108Cl3N13O16. The standard InChI is InChI=1S/C36H42ClN5O6.C35H39ClN4O7.C24H27ClN4O3/c1-36(2,3)48-35(46)41(21-23-8-14-28(47-5)15-9-23)30-20-24(16-17-39-30)19-29-31(32(43)38-4)42(33(29)44)34(45)40-18-6-7-26(22-40)25-10-12-27(37)13-11-25;1-35(2,3)47-34(45)39(20-22-7-13-27(46-4)14-8-22)29-19-23(15-16-37-29)18-28-30(32(42)43)40(31(28)41)33(44)38-17-5-6-25(21-38)24-9-11-26(36)12-10-24;1-15-12-16(9-10-27-15)13-20-21(22(30)26-2)29(23(20)31)24(32)28-11-3-4-18(14-28)17-5-7-19(25)8-6-17/h8-17,20,26,29,31H,6-7,18-19,21-22H2,1-5H3,(H,38,43);7-16,19,25,28,30H,5-6,17-18,20-21H2,1-4H3,(H,42,43);5-10,12,18,20-21H,3-4,11,13-14H2,1-2H3,(H,26,30)/t26?,29-,31+;25?,28-,30+;18?,20-,21+/m111/s1. The molecule has 29 nitrogen and oxygen atoms in total. The summed E-state index contributed by atoms with van der Waals surface area (Å²) >= 11 is 18.1. The van der Waals surface area contributed by atoms with Crippen molar-refractivity contribution < 1.29 is 76.8 Å². The smallest absolute Gasteiger partial charge is 0.416 e. The molecule has 0 aliphatic carbocycles. The van der Waals surface area contributed by atoms with Crippen LogP contribution in [0.2, 0.25) is 15.1 Å². The van der Waals surface area contributed by atoms with Crippen LogP contribution in [-0.4, -0.2) is 212 Å². The van der Waals surface area contributed by atoms with Gasteiger partial charge in [0.25, 0.3) is 0 Å². The molecule has 32 heteroatoms. The number of carboxylic acids is 1. The fraction of sp³-hybridized carbons (Fsp3) is 0.411. The first-order chi connectivity index (χ1) is 60.6. The van der Waals surface area contributed by atoms with Crippen LogP contribution in [0.5, 0.6) is 11.5 Å². The number of urea groups is 3. The number of methoxy groups -OCH3 is 2. The van der Waals surface area contributed by atoms with Crippen LogP contribution in [0.15, 0.2) is 176 Å². The summed E-state index contributed by atoms with van der Waals surface area (Å²) in [5.74, 6) is -3.22. The number of β-lactam (4-membered cyclic amide) rings is 3. The molecule has 6 saturated heterocycles. The molecule has 3 N–H and O–H groups in total. The number of halogens is 3. The Kier molecular flexibility index (Phi) is 30.7. The number of aliphatic carboxylic acids is 1. The maximum Gasteiger partial charge on any atom is 0.416 e. The molecule has 9 atom stereocenters. The first kappa shape index (κ1) is 93.9. The Bertz CT molecular complexity index is 5310. The van der Waals surface area contributed by atoms with Gasteiger partial charge in [-0.15, -0.1) is 0 Å². The molecule has 14 rings (SSSR count). The van der Waals surface area contributed by atoms with E-state index in [1.807, 2.05) is 116 Å². The Labute approximate surface area is 754 Å². The Hall–Kier alpha value is -12.2. The van der Waals surface area contributed by atoms with E-state index in [1.165, 1.54) is 30.1 Å². The van der Waals surface area contributed by atoms with Crippen LogP contribution in [0.4, 0.5) is 35.6 Å². The second-order valence-electron chi connectivity index (χ2n) is 34.5. The molecule has 3 unspecified atom stereocenters. The highest BCUT2D eigenvalue weighted by molar-refractivity contribution is 6.31. The number of amides is 13. The summed E-state index contributed by atoms with van der Waals surface area (Å²) in [5, 5.41) is 17.3. The third kappa shape index (κ3) is 23.2. The van der Waals surface area contributed by atoms with E-state index in [9.17, 15) is 57.8 Å². The van der Waals surface area contributed by atoms with Gasteiger partial charge in [-0.2, -0.15) is 0 Å². The number of pyridine rings is 3.